The molecule has 0 radical (unpaired) electrons. The first kappa shape index (κ1) is 16.9. The van der Waals surface area contributed by atoms with Crippen LogP contribution >= 0.6 is 0 Å². The van der Waals surface area contributed by atoms with E-state index >= 15 is 0 Å². The minimum absolute atomic E-state index is 0.0669. The first-order valence-corrected chi connectivity index (χ1v) is 9.35. The Morgan fingerprint density at radius 3 is 2.69 bits per heavy atom. The molecule has 1 atom stereocenters. The van der Waals surface area contributed by atoms with Crippen LogP contribution in [-0.4, -0.2) is 57.9 Å². The number of nitrogens with zero attached hydrogens (tertiary/aromatic N) is 3. The van der Waals surface area contributed by atoms with Crippen molar-refractivity contribution in [2.45, 2.75) is 32.3 Å². The lowest BCUT2D eigenvalue weighted by Crippen LogP contribution is -2.48. The maximum atomic E-state index is 12.5. The molecule has 0 saturated carbocycles. The third kappa shape index (κ3) is 3.52. The Morgan fingerprint density at radius 1 is 1.12 bits per heavy atom. The van der Waals surface area contributed by atoms with Gasteiger partial charge in [-0.15, -0.1) is 0 Å². The molecule has 0 unspecified atom stereocenters. The number of aromatic amines is 1. The Morgan fingerprint density at radius 2 is 1.88 bits per heavy atom. The van der Waals surface area contributed by atoms with Gasteiger partial charge in [-0.1, -0.05) is 12.1 Å². The monoisotopic (exact) mass is 356 g/mol. The highest BCUT2D eigenvalue weighted by Gasteiger charge is 2.32. The third-order valence-electron chi connectivity index (χ3n) is 5.19. The highest BCUT2D eigenvalue weighted by molar-refractivity contribution is 5.78. The number of amides is 2. The van der Waals surface area contributed by atoms with Crippen LogP contribution in [0.3, 0.4) is 0 Å². The van der Waals surface area contributed by atoms with Crippen LogP contribution in [-0.2, 0) is 16.1 Å². The number of hydrogen-bond donors (Lipinski definition) is 1. The zero-order valence-electron chi connectivity index (χ0n) is 14.8. The average Bonchev–Trinajstić information content (AvgIpc) is 3.35. The Hall–Kier alpha value is -2.57. The predicted molar refractivity (Wildman–Crippen MR) is 96.4 cm³/mol. The number of urea groups is 1. The molecule has 1 aromatic carbocycles. The van der Waals surface area contributed by atoms with E-state index in [-0.39, 0.29) is 24.5 Å². The fourth-order valence-corrected chi connectivity index (χ4v) is 3.78. The number of carbonyl (C=O) groups excluding carboxylic acids is 2. The largest absolute Gasteiger partial charge is 0.457 e. The molecule has 7 heteroatoms. The van der Waals surface area contributed by atoms with Crippen molar-refractivity contribution in [3.63, 3.8) is 0 Å². The number of esters is 1. The molecule has 4 rings (SSSR count). The van der Waals surface area contributed by atoms with E-state index in [1.165, 1.54) is 0 Å². The minimum atomic E-state index is -0.250. The SMILES string of the molecule is O=C(OCc1nc2ccccc2[nH]1)[C@H]1CCCN(C(=O)N2CCCC2)C1. The van der Waals surface area contributed by atoms with Crippen molar-refractivity contribution in [1.29, 1.82) is 0 Å². The van der Waals surface area contributed by atoms with Crippen molar-refractivity contribution >= 4 is 23.0 Å². The molecular formula is C19H24N4O3. The van der Waals surface area contributed by atoms with E-state index in [0.717, 1.165) is 56.4 Å². The Labute approximate surface area is 152 Å². The van der Waals surface area contributed by atoms with Crippen molar-refractivity contribution in [3.8, 4) is 0 Å². The van der Waals surface area contributed by atoms with Crippen LogP contribution in [0.5, 0.6) is 0 Å². The lowest BCUT2D eigenvalue weighted by Gasteiger charge is -2.34. The predicted octanol–water partition coefficient (Wildman–Crippen LogP) is 2.53. The summed E-state index contributed by atoms with van der Waals surface area (Å²) in [6.45, 7) is 2.97. The van der Waals surface area contributed by atoms with Crippen LogP contribution in [0.4, 0.5) is 4.79 Å². The van der Waals surface area contributed by atoms with E-state index in [4.69, 9.17) is 4.74 Å². The van der Waals surface area contributed by atoms with E-state index < -0.39 is 0 Å². The van der Waals surface area contributed by atoms with Crippen molar-refractivity contribution in [2.24, 2.45) is 5.92 Å². The van der Waals surface area contributed by atoms with Gasteiger partial charge in [-0.25, -0.2) is 9.78 Å². The van der Waals surface area contributed by atoms with Gasteiger partial charge in [0.2, 0.25) is 0 Å². The Bertz CT molecular complexity index is 764. The lowest BCUT2D eigenvalue weighted by molar-refractivity contribution is -0.151. The molecule has 2 aromatic rings. The number of carbonyl (C=O) groups is 2. The van der Waals surface area contributed by atoms with Gasteiger partial charge in [0.25, 0.3) is 0 Å². The Balaban J connectivity index is 1.32. The molecule has 7 nitrogen and oxygen atoms in total. The molecule has 2 fully saturated rings. The summed E-state index contributed by atoms with van der Waals surface area (Å²) in [5, 5.41) is 0. The number of imidazole rings is 1. The number of fused-ring (bicyclic) bond motifs is 1. The smallest absolute Gasteiger partial charge is 0.320 e. The first-order valence-electron chi connectivity index (χ1n) is 9.35. The van der Waals surface area contributed by atoms with Gasteiger partial charge in [0.05, 0.1) is 17.0 Å². The summed E-state index contributed by atoms with van der Waals surface area (Å²) in [4.78, 5) is 36.3. The second kappa shape index (κ2) is 7.35. The molecule has 0 spiro atoms. The molecule has 1 N–H and O–H groups in total. The van der Waals surface area contributed by atoms with Crippen LogP contribution in [0, 0.1) is 5.92 Å². The number of benzene rings is 1. The number of rotatable bonds is 3. The molecule has 0 bridgehead atoms. The summed E-state index contributed by atoms with van der Waals surface area (Å²) in [6.07, 6.45) is 3.75. The summed E-state index contributed by atoms with van der Waals surface area (Å²) in [5.74, 6) is 0.143. The maximum absolute atomic E-state index is 12.5. The van der Waals surface area contributed by atoms with Gasteiger partial charge < -0.3 is 19.5 Å². The van der Waals surface area contributed by atoms with Crippen LogP contribution in [0.2, 0.25) is 0 Å². The van der Waals surface area contributed by atoms with Gasteiger partial charge in [0.1, 0.15) is 12.4 Å². The molecule has 2 saturated heterocycles. The number of likely N-dealkylation sites (tertiary alicyclic amines) is 2. The van der Waals surface area contributed by atoms with Gasteiger partial charge in [-0.2, -0.15) is 0 Å². The fraction of sp³-hybridized carbons (Fsp3) is 0.526. The lowest BCUT2D eigenvalue weighted by atomic mass is 9.98. The number of ether oxygens (including phenoxy) is 1. The van der Waals surface area contributed by atoms with Gasteiger partial charge in [-0.05, 0) is 37.8 Å². The van der Waals surface area contributed by atoms with Gasteiger partial charge in [-0.3, -0.25) is 4.79 Å². The Kier molecular flexibility index (Phi) is 4.77. The van der Waals surface area contributed by atoms with E-state index in [1.54, 1.807) is 0 Å². The zero-order chi connectivity index (χ0) is 17.9. The second-order valence-electron chi connectivity index (χ2n) is 7.07. The van der Waals surface area contributed by atoms with Crippen LogP contribution in [0.15, 0.2) is 24.3 Å². The molecule has 0 aliphatic carbocycles. The molecule has 3 heterocycles. The normalized spacial score (nSPS) is 20.5. The quantitative estimate of drug-likeness (QED) is 0.857. The van der Waals surface area contributed by atoms with Crippen LogP contribution in [0.1, 0.15) is 31.5 Å². The summed E-state index contributed by atoms with van der Waals surface area (Å²) in [7, 11) is 0. The maximum Gasteiger partial charge on any atom is 0.320 e. The summed E-state index contributed by atoms with van der Waals surface area (Å²) in [5.41, 5.74) is 1.79. The van der Waals surface area contributed by atoms with Gasteiger partial charge in [0, 0.05) is 26.2 Å². The summed E-state index contributed by atoms with van der Waals surface area (Å²) < 4.78 is 5.47. The average molecular weight is 356 g/mol. The topological polar surface area (TPSA) is 78.5 Å². The summed E-state index contributed by atoms with van der Waals surface area (Å²) in [6, 6.07) is 7.78. The van der Waals surface area contributed by atoms with Gasteiger partial charge in [0.15, 0.2) is 0 Å². The van der Waals surface area contributed by atoms with Crippen molar-refractivity contribution < 1.29 is 14.3 Å². The molecule has 138 valence electrons. The van der Waals surface area contributed by atoms with E-state index in [9.17, 15) is 9.59 Å². The molecule has 2 amide bonds. The molecular weight excluding hydrogens is 332 g/mol. The standard InChI is InChI=1S/C19H24N4O3/c24-18(26-13-17-20-15-7-1-2-8-16(15)21-17)14-6-5-11-23(12-14)19(25)22-9-3-4-10-22/h1-2,7-8,14H,3-6,9-13H2,(H,20,21)/t14-/m0/s1. The number of hydrogen-bond acceptors (Lipinski definition) is 4. The molecule has 2 aliphatic heterocycles. The fourth-order valence-electron chi connectivity index (χ4n) is 3.78. The van der Waals surface area contributed by atoms with E-state index in [0.29, 0.717) is 12.4 Å². The van der Waals surface area contributed by atoms with Crippen molar-refractivity contribution in [1.82, 2.24) is 19.8 Å². The number of piperidine rings is 1. The molecule has 26 heavy (non-hydrogen) atoms. The number of H-pyrrole nitrogens is 1. The molecule has 1 aromatic heterocycles. The minimum Gasteiger partial charge on any atom is -0.457 e. The van der Waals surface area contributed by atoms with Crippen molar-refractivity contribution in [3.05, 3.63) is 30.1 Å². The summed E-state index contributed by atoms with van der Waals surface area (Å²) >= 11 is 0. The third-order valence-corrected chi connectivity index (χ3v) is 5.19. The highest BCUT2D eigenvalue weighted by Crippen LogP contribution is 2.21. The van der Waals surface area contributed by atoms with Gasteiger partial charge >= 0.3 is 12.0 Å². The number of aromatic nitrogens is 2. The van der Waals surface area contributed by atoms with Crippen molar-refractivity contribution in [2.75, 3.05) is 26.2 Å². The number of para-hydroxylation sites is 2. The van der Waals surface area contributed by atoms with E-state index in [1.807, 2.05) is 34.1 Å². The van der Waals surface area contributed by atoms with Crippen LogP contribution in [0.25, 0.3) is 11.0 Å². The number of nitrogens with one attached hydrogen (secondary N) is 1. The second-order valence-corrected chi connectivity index (χ2v) is 7.07. The molecule has 2 aliphatic rings. The highest BCUT2D eigenvalue weighted by atomic mass is 16.5. The zero-order valence-corrected chi connectivity index (χ0v) is 14.8. The van der Waals surface area contributed by atoms with E-state index in [2.05, 4.69) is 9.97 Å². The first-order chi connectivity index (χ1) is 12.7. The van der Waals surface area contributed by atoms with Crippen LogP contribution < -0.4 is 0 Å².